The third-order valence-electron chi connectivity index (χ3n) is 5.12. The third-order valence-corrected chi connectivity index (χ3v) is 6.02. The molecule has 1 aromatic heterocycles. The van der Waals surface area contributed by atoms with Crippen LogP contribution in [0.25, 0.3) is 0 Å². The van der Waals surface area contributed by atoms with Crippen LogP contribution in [0.5, 0.6) is 0 Å². The molecular formula is C24H31N3O2S. The molecule has 5 nitrogen and oxygen atoms in total. The lowest BCUT2D eigenvalue weighted by molar-refractivity contribution is -0.123. The maximum Gasteiger partial charge on any atom is 0.250 e. The average molecular weight is 426 g/mol. The van der Waals surface area contributed by atoms with E-state index >= 15 is 0 Å². The Labute approximate surface area is 183 Å². The predicted molar refractivity (Wildman–Crippen MR) is 124 cm³/mol. The number of hydrogen-bond acceptors (Lipinski definition) is 4. The number of amides is 2. The molecule has 2 aromatic rings. The number of rotatable bonds is 7. The molecule has 0 fully saturated rings. The highest BCUT2D eigenvalue weighted by Crippen LogP contribution is 2.28. The molecule has 0 saturated carbocycles. The maximum atomic E-state index is 12.8. The molecule has 6 heteroatoms. The minimum atomic E-state index is -0.610. The number of carbonyl (C=O) groups excluding carboxylic acids is 2. The van der Waals surface area contributed by atoms with Crippen molar-refractivity contribution in [2.24, 2.45) is 11.1 Å². The second kappa shape index (κ2) is 9.58. The highest BCUT2D eigenvalue weighted by molar-refractivity contribution is 7.09. The SMILES string of the molecule is CC(C)(C)C[C@@H](/C=C/C(=O)N1CCc2ccccc21)NC(=O)[C@@H](N)Cc1cccs1. The topological polar surface area (TPSA) is 75.4 Å². The summed E-state index contributed by atoms with van der Waals surface area (Å²) in [5.74, 6) is -0.253. The van der Waals surface area contributed by atoms with E-state index in [1.807, 2.05) is 41.8 Å². The Hall–Kier alpha value is -2.44. The van der Waals surface area contributed by atoms with Gasteiger partial charge in [-0.05, 0) is 41.3 Å². The van der Waals surface area contributed by atoms with E-state index in [1.165, 1.54) is 5.56 Å². The zero-order valence-electron chi connectivity index (χ0n) is 17.9. The second-order valence-corrected chi connectivity index (χ2v) is 10.0. The predicted octanol–water partition coefficient (Wildman–Crippen LogP) is 3.68. The number of nitrogens with two attached hydrogens (primary N) is 1. The third kappa shape index (κ3) is 6.03. The van der Waals surface area contributed by atoms with E-state index in [1.54, 1.807) is 22.3 Å². The summed E-state index contributed by atoms with van der Waals surface area (Å²) < 4.78 is 0. The molecule has 2 heterocycles. The average Bonchev–Trinajstić information content (AvgIpc) is 3.34. The van der Waals surface area contributed by atoms with Crippen LogP contribution in [0.2, 0.25) is 0 Å². The summed E-state index contributed by atoms with van der Waals surface area (Å²) in [6, 6.07) is 11.1. The molecule has 0 saturated heterocycles. The highest BCUT2D eigenvalue weighted by atomic mass is 32.1. The van der Waals surface area contributed by atoms with Gasteiger partial charge in [0.25, 0.3) is 5.91 Å². The van der Waals surface area contributed by atoms with E-state index in [0.717, 1.165) is 17.0 Å². The normalized spacial score (nSPS) is 15.8. The molecule has 2 atom stereocenters. The van der Waals surface area contributed by atoms with E-state index in [4.69, 9.17) is 5.73 Å². The van der Waals surface area contributed by atoms with Gasteiger partial charge in [-0.1, -0.05) is 51.1 Å². The lowest BCUT2D eigenvalue weighted by atomic mass is 9.87. The number of fused-ring (bicyclic) bond motifs is 1. The monoisotopic (exact) mass is 425 g/mol. The molecule has 2 amide bonds. The Balaban J connectivity index is 1.66. The van der Waals surface area contributed by atoms with Crippen LogP contribution in [0.4, 0.5) is 5.69 Å². The van der Waals surface area contributed by atoms with Crippen molar-refractivity contribution in [2.45, 2.75) is 52.1 Å². The summed E-state index contributed by atoms with van der Waals surface area (Å²) >= 11 is 1.60. The van der Waals surface area contributed by atoms with Crippen molar-refractivity contribution in [3.8, 4) is 0 Å². The van der Waals surface area contributed by atoms with Gasteiger partial charge in [0.05, 0.1) is 6.04 Å². The fourth-order valence-electron chi connectivity index (χ4n) is 3.71. The summed E-state index contributed by atoms with van der Waals surface area (Å²) in [5, 5.41) is 5.01. The van der Waals surface area contributed by atoms with Crippen LogP contribution in [0, 0.1) is 5.41 Å². The van der Waals surface area contributed by atoms with Crippen molar-refractivity contribution in [2.75, 3.05) is 11.4 Å². The number of anilines is 1. The van der Waals surface area contributed by atoms with Crippen LogP contribution in [0.15, 0.2) is 53.9 Å². The molecule has 0 aliphatic carbocycles. The molecule has 0 spiro atoms. The Morgan fingerprint density at radius 3 is 2.70 bits per heavy atom. The molecule has 0 radical (unpaired) electrons. The van der Waals surface area contributed by atoms with Crippen molar-refractivity contribution < 1.29 is 9.59 Å². The van der Waals surface area contributed by atoms with Crippen LogP contribution < -0.4 is 16.0 Å². The molecule has 160 valence electrons. The molecule has 0 bridgehead atoms. The van der Waals surface area contributed by atoms with Crippen molar-refractivity contribution in [1.82, 2.24) is 5.32 Å². The largest absolute Gasteiger partial charge is 0.349 e. The van der Waals surface area contributed by atoms with Gasteiger partial charge in [0, 0.05) is 35.6 Å². The minimum absolute atomic E-state index is 0.0105. The lowest BCUT2D eigenvalue weighted by Crippen LogP contribution is -2.46. The van der Waals surface area contributed by atoms with Crippen molar-refractivity contribution >= 4 is 28.8 Å². The first-order valence-corrected chi connectivity index (χ1v) is 11.3. The summed E-state index contributed by atoms with van der Waals surface area (Å²) in [4.78, 5) is 28.4. The first kappa shape index (κ1) is 22.2. The lowest BCUT2D eigenvalue weighted by Gasteiger charge is -2.26. The number of nitrogens with zero attached hydrogens (tertiary/aromatic N) is 1. The summed E-state index contributed by atoms with van der Waals surface area (Å²) in [6.07, 6.45) is 5.49. The molecule has 30 heavy (non-hydrogen) atoms. The van der Waals surface area contributed by atoms with Gasteiger partial charge >= 0.3 is 0 Å². The van der Waals surface area contributed by atoms with E-state index in [0.29, 0.717) is 19.4 Å². The highest BCUT2D eigenvalue weighted by Gasteiger charge is 2.25. The molecule has 3 N–H and O–H groups in total. The van der Waals surface area contributed by atoms with Crippen molar-refractivity contribution in [3.63, 3.8) is 0 Å². The Kier molecular flexibility index (Phi) is 7.10. The van der Waals surface area contributed by atoms with Gasteiger partial charge in [-0.15, -0.1) is 11.3 Å². The molecule has 1 aliphatic rings. The van der Waals surface area contributed by atoms with E-state index in [9.17, 15) is 9.59 Å². The summed E-state index contributed by atoms with van der Waals surface area (Å²) in [7, 11) is 0. The van der Waals surface area contributed by atoms with Crippen LogP contribution in [0.3, 0.4) is 0 Å². The Morgan fingerprint density at radius 2 is 2.00 bits per heavy atom. The minimum Gasteiger partial charge on any atom is -0.349 e. The molecular weight excluding hydrogens is 394 g/mol. The van der Waals surface area contributed by atoms with Crippen LogP contribution >= 0.6 is 11.3 Å². The number of carbonyl (C=O) groups is 2. The van der Waals surface area contributed by atoms with Crippen LogP contribution in [-0.4, -0.2) is 30.4 Å². The van der Waals surface area contributed by atoms with Crippen molar-refractivity contribution in [3.05, 3.63) is 64.4 Å². The number of nitrogens with one attached hydrogen (secondary N) is 1. The fourth-order valence-corrected chi connectivity index (χ4v) is 4.48. The van der Waals surface area contributed by atoms with Gasteiger partial charge in [-0.25, -0.2) is 0 Å². The van der Waals surface area contributed by atoms with Gasteiger partial charge < -0.3 is 16.0 Å². The van der Waals surface area contributed by atoms with Gasteiger partial charge in [-0.2, -0.15) is 0 Å². The molecule has 1 aliphatic heterocycles. The van der Waals surface area contributed by atoms with E-state index in [-0.39, 0.29) is 23.3 Å². The fraction of sp³-hybridized carbons (Fsp3) is 0.417. The maximum absolute atomic E-state index is 12.8. The van der Waals surface area contributed by atoms with E-state index < -0.39 is 6.04 Å². The number of thiophene rings is 1. The quantitative estimate of drug-likeness (QED) is 0.665. The van der Waals surface area contributed by atoms with Gasteiger partial charge in [0.2, 0.25) is 5.91 Å². The molecule has 0 unspecified atom stereocenters. The number of benzene rings is 1. The van der Waals surface area contributed by atoms with Crippen molar-refractivity contribution in [1.29, 1.82) is 0 Å². The molecule has 1 aromatic carbocycles. The van der Waals surface area contributed by atoms with Crippen LogP contribution in [-0.2, 0) is 22.4 Å². The number of para-hydroxylation sites is 1. The second-order valence-electron chi connectivity index (χ2n) is 9.00. The first-order valence-electron chi connectivity index (χ1n) is 10.4. The standard InChI is InChI=1S/C24H31N3O2S/c1-24(2,3)16-18(26-23(29)20(25)15-19-8-6-14-30-19)10-11-22(28)27-13-12-17-7-4-5-9-21(17)27/h4-11,14,18,20H,12-13,15-16,25H2,1-3H3,(H,26,29)/b11-10+/t18-,20+/m1/s1. The summed E-state index contributed by atoms with van der Waals surface area (Å²) in [6.45, 7) is 7.03. The molecule has 3 rings (SSSR count). The van der Waals surface area contributed by atoms with Gasteiger partial charge in [-0.3, -0.25) is 9.59 Å². The van der Waals surface area contributed by atoms with Gasteiger partial charge in [0.1, 0.15) is 0 Å². The zero-order valence-corrected chi connectivity index (χ0v) is 18.7. The zero-order chi connectivity index (χ0) is 21.7. The summed E-state index contributed by atoms with van der Waals surface area (Å²) in [5.41, 5.74) is 8.28. The van der Waals surface area contributed by atoms with Crippen LogP contribution in [0.1, 0.15) is 37.6 Å². The Bertz CT molecular complexity index is 899. The van der Waals surface area contributed by atoms with E-state index in [2.05, 4.69) is 32.2 Å². The Morgan fingerprint density at radius 1 is 1.23 bits per heavy atom. The first-order chi connectivity index (χ1) is 14.2. The smallest absolute Gasteiger partial charge is 0.250 e. The number of hydrogen-bond donors (Lipinski definition) is 2. The van der Waals surface area contributed by atoms with Gasteiger partial charge in [0.15, 0.2) is 0 Å².